The predicted molar refractivity (Wildman–Crippen MR) is 214 cm³/mol. The molecule has 25 heteroatoms. The van der Waals surface area contributed by atoms with Crippen LogP contribution in [0.5, 0.6) is 5.75 Å². The molecule has 0 saturated heterocycles. The Bertz CT molecular complexity index is 1430. The molecule has 0 fully saturated rings. The van der Waals surface area contributed by atoms with Gasteiger partial charge in [-0.25, -0.2) is 13.2 Å². The van der Waals surface area contributed by atoms with Gasteiger partial charge in [0.2, 0.25) is 17.5 Å². The molecule has 0 saturated carbocycles. The first-order chi connectivity index (χ1) is 30.6. The van der Waals surface area contributed by atoms with Gasteiger partial charge in [-0.3, -0.25) is 9.59 Å². The predicted octanol–water partition coefficient (Wildman–Crippen LogP) is 4.31. The number of ether oxygens (including phenoxy) is 12. The molecule has 1 N–H and O–H groups in total. The molecular weight excluding hydrogens is 854 g/mol. The zero-order chi connectivity index (χ0) is 46.2. The van der Waals surface area contributed by atoms with Crippen LogP contribution in [0, 0.1) is 30.2 Å². The molecular formula is C38H61F4N7O14. The number of hydrogen-bond donors (Lipinski definition) is 1. The van der Waals surface area contributed by atoms with Crippen molar-refractivity contribution < 1.29 is 84.0 Å². The number of azide groups is 2. The maximum absolute atomic E-state index is 14.0. The Hall–Kier alpha value is -3.94. The lowest BCUT2D eigenvalue weighted by molar-refractivity contribution is -0.136. The maximum atomic E-state index is 14.0. The molecule has 21 nitrogen and oxygen atoms in total. The normalized spacial score (nSPS) is 12.1. The molecule has 0 radical (unpaired) electrons. The summed E-state index contributed by atoms with van der Waals surface area (Å²) in [4.78, 5) is 30.7. The van der Waals surface area contributed by atoms with Crippen LogP contribution in [0.2, 0.25) is 0 Å². The summed E-state index contributed by atoms with van der Waals surface area (Å²) in [5.74, 6) is -10.2. The zero-order valence-corrected chi connectivity index (χ0v) is 36.0. The van der Waals surface area contributed by atoms with E-state index in [0.29, 0.717) is 19.8 Å². The second kappa shape index (κ2) is 38.5. The topological polar surface area (TPSA) is 254 Å². The molecule has 0 aliphatic rings. The summed E-state index contributed by atoms with van der Waals surface area (Å²) in [6.45, 7) is 7.32. The smallest absolute Gasteiger partial charge is 0.313 e. The number of carbonyl (C=O) groups is 2. The van der Waals surface area contributed by atoms with Crippen molar-refractivity contribution in [2.45, 2.75) is 38.6 Å². The van der Waals surface area contributed by atoms with Crippen LogP contribution in [0.3, 0.4) is 0 Å². The highest BCUT2D eigenvalue weighted by Crippen LogP contribution is 2.30. The van der Waals surface area contributed by atoms with Crippen molar-refractivity contribution in [2.75, 3.05) is 158 Å². The first-order valence-electron chi connectivity index (χ1n) is 20.3. The number of rotatable bonds is 43. The summed E-state index contributed by atoms with van der Waals surface area (Å²) in [6, 6.07) is 0. The number of amides is 1. The van der Waals surface area contributed by atoms with Gasteiger partial charge in [-0.05, 0) is 24.4 Å². The lowest BCUT2D eigenvalue weighted by Crippen LogP contribution is -2.59. The maximum Gasteiger partial charge on any atom is 0.313 e. The minimum absolute atomic E-state index is 0.0117. The number of hydrogen-bond acceptors (Lipinski definition) is 16. The van der Waals surface area contributed by atoms with E-state index in [-0.39, 0.29) is 145 Å². The standard InChI is InChI=1S/C38H61F4N7O14/c1-3-8-52-13-18-57-21-24-60-27-38(28-61-25-22-58-19-16-55-11-6-45-48-43,29-62-26-23-59-20-17-56-12-7-46-49-44)47-31(50)4-9-53-14-15-54-10-5-32(51)63-37-30(2)33(39)34(40)35(41)36(37)42/h3-29H2,1-2H3,(H,47,50). The quantitative estimate of drug-likeness (QED) is 0.0110. The number of halogens is 4. The van der Waals surface area contributed by atoms with Gasteiger partial charge in [0.1, 0.15) is 5.54 Å². The van der Waals surface area contributed by atoms with E-state index in [0.717, 1.165) is 13.3 Å². The van der Waals surface area contributed by atoms with Gasteiger partial charge in [0.05, 0.1) is 145 Å². The van der Waals surface area contributed by atoms with Crippen LogP contribution in [0.25, 0.3) is 20.9 Å². The first kappa shape index (κ1) is 57.1. The molecule has 1 amide bonds. The molecule has 1 aromatic carbocycles. The van der Waals surface area contributed by atoms with Crippen molar-refractivity contribution in [1.82, 2.24) is 5.32 Å². The van der Waals surface area contributed by atoms with Crippen LogP contribution in [-0.2, 0) is 61.7 Å². The van der Waals surface area contributed by atoms with E-state index in [2.05, 4.69) is 25.4 Å². The third-order valence-electron chi connectivity index (χ3n) is 7.88. The monoisotopic (exact) mass is 915 g/mol. The van der Waals surface area contributed by atoms with Crippen LogP contribution >= 0.6 is 0 Å². The van der Waals surface area contributed by atoms with Crippen molar-refractivity contribution in [3.05, 3.63) is 49.7 Å². The second-order valence-corrected chi connectivity index (χ2v) is 13.0. The van der Waals surface area contributed by atoms with Crippen LogP contribution < -0.4 is 10.1 Å². The fraction of sp³-hybridized carbons (Fsp3) is 0.789. The van der Waals surface area contributed by atoms with Crippen LogP contribution in [0.4, 0.5) is 17.6 Å². The van der Waals surface area contributed by atoms with E-state index in [9.17, 15) is 27.2 Å². The van der Waals surface area contributed by atoms with Gasteiger partial charge in [0.15, 0.2) is 17.4 Å². The van der Waals surface area contributed by atoms with E-state index in [4.69, 9.17) is 67.9 Å². The highest BCUT2D eigenvalue weighted by atomic mass is 19.2. The van der Waals surface area contributed by atoms with Gasteiger partial charge >= 0.3 is 5.97 Å². The Morgan fingerprint density at radius 1 is 0.524 bits per heavy atom. The fourth-order valence-corrected chi connectivity index (χ4v) is 4.81. The van der Waals surface area contributed by atoms with Crippen molar-refractivity contribution >= 4 is 11.9 Å². The number of nitrogens with zero attached hydrogens (tertiary/aromatic N) is 6. The first-order valence-corrected chi connectivity index (χ1v) is 20.3. The fourth-order valence-electron chi connectivity index (χ4n) is 4.81. The van der Waals surface area contributed by atoms with Gasteiger partial charge in [0, 0.05) is 41.5 Å². The van der Waals surface area contributed by atoms with Gasteiger partial charge in [-0.1, -0.05) is 17.2 Å². The van der Waals surface area contributed by atoms with Crippen LogP contribution in [0.15, 0.2) is 10.2 Å². The highest BCUT2D eigenvalue weighted by Gasteiger charge is 2.34. The van der Waals surface area contributed by atoms with E-state index < -0.39 is 58.4 Å². The van der Waals surface area contributed by atoms with Crippen LogP contribution in [0.1, 0.15) is 31.7 Å². The van der Waals surface area contributed by atoms with Gasteiger partial charge in [-0.15, -0.1) is 0 Å². The Morgan fingerprint density at radius 2 is 0.889 bits per heavy atom. The molecule has 0 aliphatic heterocycles. The van der Waals surface area contributed by atoms with E-state index >= 15 is 0 Å². The molecule has 0 aromatic heterocycles. The van der Waals surface area contributed by atoms with Crippen LogP contribution in [-0.4, -0.2) is 176 Å². The van der Waals surface area contributed by atoms with Crippen molar-refractivity contribution in [3.8, 4) is 5.75 Å². The molecule has 1 rings (SSSR count). The van der Waals surface area contributed by atoms with Gasteiger partial charge in [-0.2, -0.15) is 4.39 Å². The number of carbonyl (C=O) groups excluding carboxylic acids is 2. The molecule has 360 valence electrons. The average Bonchev–Trinajstić information content (AvgIpc) is 3.27. The van der Waals surface area contributed by atoms with Gasteiger partial charge < -0.3 is 62.2 Å². The minimum atomic E-state index is -2.10. The van der Waals surface area contributed by atoms with Gasteiger partial charge in [0.25, 0.3) is 0 Å². The summed E-state index contributed by atoms with van der Waals surface area (Å²) >= 11 is 0. The summed E-state index contributed by atoms with van der Waals surface area (Å²) in [6.07, 6.45) is 0.388. The highest BCUT2D eigenvalue weighted by molar-refractivity contribution is 5.77. The Morgan fingerprint density at radius 3 is 1.32 bits per heavy atom. The van der Waals surface area contributed by atoms with E-state index in [1.807, 2.05) is 6.92 Å². The Labute approximate surface area is 363 Å². The summed E-state index contributed by atoms with van der Waals surface area (Å²) < 4.78 is 121. The summed E-state index contributed by atoms with van der Waals surface area (Å²) in [5.41, 5.74) is 14.8. The van der Waals surface area contributed by atoms with E-state index in [1.54, 1.807) is 0 Å². The SMILES string of the molecule is CCCOCCOCCOCC(COCCOCCOCCN=[N+]=[N-])(COCCOCCOCCN=[N+]=[N-])NC(=O)CCOCCOCCC(=O)Oc1c(C)c(F)c(F)c(F)c1F. The molecule has 0 atom stereocenters. The third-order valence-corrected chi connectivity index (χ3v) is 7.88. The number of benzene rings is 1. The summed E-state index contributed by atoms with van der Waals surface area (Å²) in [5, 5.41) is 9.74. The van der Waals surface area contributed by atoms with E-state index in [1.165, 1.54) is 0 Å². The van der Waals surface area contributed by atoms with Crippen molar-refractivity contribution in [1.29, 1.82) is 0 Å². The van der Waals surface area contributed by atoms with Crippen molar-refractivity contribution in [2.24, 2.45) is 10.2 Å². The van der Waals surface area contributed by atoms with Crippen molar-refractivity contribution in [3.63, 3.8) is 0 Å². The Kier molecular flexibility index (Phi) is 34.9. The Balaban J connectivity index is 2.72. The minimum Gasteiger partial charge on any atom is -0.423 e. The number of esters is 1. The average molecular weight is 916 g/mol. The molecule has 63 heavy (non-hydrogen) atoms. The lowest BCUT2D eigenvalue weighted by atomic mass is 10.0. The molecule has 1 aromatic rings. The lowest BCUT2D eigenvalue weighted by Gasteiger charge is -2.34. The summed E-state index contributed by atoms with van der Waals surface area (Å²) in [7, 11) is 0. The second-order valence-electron chi connectivity index (χ2n) is 13.0. The molecule has 0 heterocycles. The zero-order valence-electron chi connectivity index (χ0n) is 36.0. The molecule has 0 unspecified atom stereocenters. The largest absolute Gasteiger partial charge is 0.423 e. The molecule has 0 spiro atoms. The number of nitrogens with one attached hydrogen (secondary N) is 1. The molecule has 0 aliphatic carbocycles. The third kappa shape index (κ3) is 28.5. The molecule has 0 bridgehead atoms.